The Bertz CT molecular complexity index is 1940. The summed E-state index contributed by atoms with van der Waals surface area (Å²) in [6, 6.07) is 17.0. The van der Waals surface area contributed by atoms with Gasteiger partial charge in [0.15, 0.2) is 0 Å². The van der Waals surface area contributed by atoms with E-state index in [1.54, 1.807) is 6.07 Å². The molecule has 0 aliphatic carbocycles. The number of fused-ring (bicyclic) bond motifs is 2. The molecular weight excluding hydrogens is 648 g/mol. The van der Waals surface area contributed by atoms with Gasteiger partial charge in [0.2, 0.25) is 0 Å². The van der Waals surface area contributed by atoms with Crippen LogP contribution in [-0.4, -0.2) is 46.1 Å². The Labute approximate surface area is 290 Å². The number of halogens is 3. The van der Waals surface area contributed by atoms with Gasteiger partial charge in [-0.2, -0.15) is 5.26 Å². The summed E-state index contributed by atoms with van der Waals surface area (Å²) in [6.07, 6.45) is 6.76. The van der Waals surface area contributed by atoms with Crippen LogP contribution in [-0.2, 0) is 6.42 Å². The average molecular weight is 687 g/mol. The summed E-state index contributed by atoms with van der Waals surface area (Å²) in [5.41, 5.74) is 14.1. The van der Waals surface area contributed by atoms with Crippen LogP contribution in [0.15, 0.2) is 66.6 Å². The van der Waals surface area contributed by atoms with E-state index in [2.05, 4.69) is 93.0 Å². The number of rotatable bonds is 7. The smallest absolute Gasteiger partial charge is 0.141 e. The molecule has 5 N–H and O–H groups in total. The second kappa shape index (κ2) is 13.0. The number of hydrazine groups is 2. The lowest BCUT2D eigenvalue weighted by atomic mass is 9.97. The minimum Gasteiger partial charge on any atom is -0.384 e. The first-order chi connectivity index (χ1) is 23.1. The highest BCUT2D eigenvalue weighted by Crippen LogP contribution is 2.38. The molecule has 0 amide bonds. The van der Waals surface area contributed by atoms with Gasteiger partial charge in [-0.15, -0.1) is 5.53 Å². The molecule has 48 heavy (non-hydrogen) atoms. The van der Waals surface area contributed by atoms with Crippen molar-refractivity contribution in [1.29, 1.82) is 5.26 Å². The van der Waals surface area contributed by atoms with Gasteiger partial charge in [0.1, 0.15) is 11.9 Å². The second-order valence-electron chi connectivity index (χ2n) is 13.6. The van der Waals surface area contributed by atoms with Crippen molar-refractivity contribution in [3.05, 3.63) is 99.2 Å². The molecule has 4 heterocycles. The number of hydrogen-bond acceptors (Lipinski definition) is 9. The van der Waals surface area contributed by atoms with E-state index in [1.165, 1.54) is 23.9 Å². The van der Waals surface area contributed by atoms with E-state index in [4.69, 9.17) is 23.2 Å². The first-order valence-electron chi connectivity index (χ1n) is 16.2. The Balaban J connectivity index is 1.24. The highest BCUT2D eigenvalue weighted by molar-refractivity contribution is 6.36. The molecule has 0 bridgehead atoms. The lowest BCUT2D eigenvalue weighted by Gasteiger charge is -2.42. The molecule has 0 unspecified atom stereocenters. The monoisotopic (exact) mass is 685 g/mol. The van der Waals surface area contributed by atoms with Gasteiger partial charge in [-0.1, -0.05) is 35.3 Å². The van der Waals surface area contributed by atoms with Crippen LogP contribution >= 0.6 is 23.2 Å². The molecule has 3 aliphatic heterocycles. The predicted molar refractivity (Wildman–Crippen MR) is 192 cm³/mol. The third-order valence-electron chi connectivity index (χ3n) is 9.45. The number of hydrogen-bond donors (Lipinski definition) is 5. The normalized spacial score (nSPS) is 17.4. The van der Waals surface area contributed by atoms with Crippen LogP contribution in [0, 0.1) is 17.1 Å². The number of nitrogens with zero attached hydrogens (tertiary/aromatic N) is 4. The molecule has 3 aromatic carbocycles. The summed E-state index contributed by atoms with van der Waals surface area (Å²) in [6.45, 7) is 9.83. The van der Waals surface area contributed by atoms with E-state index in [-0.39, 0.29) is 16.6 Å². The molecule has 1 atom stereocenters. The van der Waals surface area contributed by atoms with Gasteiger partial charge in [0.25, 0.3) is 0 Å². The molecule has 12 heteroatoms. The summed E-state index contributed by atoms with van der Waals surface area (Å²) in [7, 11) is 0. The number of anilines is 4. The van der Waals surface area contributed by atoms with Crippen molar-refractivity contribution < 1.29 is 4.39 Å². The highest BCUT2D eigenvalue weighted by atomic mass is 35.5. The van der Waals surface area contributed by atoms with Crippen molar-refractivity contribution in [1.82, 2.24) is 25.9 Å². The van der Waals surface area contributed by atoms with E-state index < -0.39 is 5.82 Å². The number of pyridine rings is 1. The molecule has 0 radical (unpaired) electrons. The third kappa shape index (κ3) is 6.43. The summed E-state index contributed by atoms with van der Waals surface area (Å²) in [5.74, 6) is -0.525. The third-order valence-corrected chi connectivity index (χ3v) is 10.0. The van der Waals surface area contributed by atoms with Crippen molar-refractivity contribution in [3.63, 3.8) is 0 Å². The zero-order valence-corrected chi connectivity index (χ0v) is 28.6. The van der Waals surface area contributed by atoms with Gasteiger partial charge < -0.3 is 21.4 Å². The quantitative estimate of drug-likeness (QED) is 0.133. The second-order valence-corrected chi connectivity index (χ2v) is 14.4. The Hall–Kier alpha value is -4.27. The lowest BCUT2D eigenvalue weighted by molar-refractivity contribution is 0.0570. The summed E-state index contributed by atoms with van der Waals surface area (Å²) < 4.78 is 13.9. The number of aromatic nitrogens is 1. The van der Waals surface area contributed by atoms with Crippen LogP contribution < -0.4 is 26.9 Å². The van der Waals surface area contributed by atoms with Crippen LogP contribution in [0.25, 0.3) is 10.9 Å². The number of nitrogens with one attached hydrogen (secondary N) is 5. The largest absolute Gasteiger partial charge is 0.384 e. The maximum Gasteiger partial charge on any atom is 0.141 e. The molecule has 1 saturated heterocycles. The first-order valence-corrected chi connectivity index (χ1v) is 17.0. The van der Waals surface area contributed by atoms with Crippen molar-refractivity contribution in [3.8, 4) is 6.07 Å². The maximum absolute atomic E-state index is 13.9. The van der Waals surface area contributed by atoms with Crippen LogP contribution in [0.5, 0.6) is 0 Å². The zero-order valence-electron chi connectivity index (χ0n) is 27.1. The SMILES string of the molecule is CC(C)(C)N1CCC(N2C=C([C@@H](Nc3cc(Cl)c4ncc(C#N)c(Nc5ccc(F)c(Cl)c5)c4c3)c3ccc4c(c3)NCC4)NN2)CC1. The summed E-state index contributed by atoms with van der Waals surface area (Å²) in [5, 5.41) is 23.7. The molecule has 0 saturated carbocycles. The fourth-order valence-corrected chi connectivity index (χ4v) is 7.23. The number of likely N-dealkylation sites (tertiary alicyclic amines) is 1. The van der Waals surface area contributed by atoms with Crippen molar-refractivity contribution in [2.75, 3.05) is 35.6 Å². The Kier molecular flexibility index (Phi) is 8.73. The molecule has 3 aliphatic rings. The minimum absolute atomic E-state index is 0.0244. The number of benzene rings is 3. The van der Waals surface area contributed by atoms with Crippen molar-refractivity contribution in [2.24, 2.45) is 0 Å². The topological polar surface area (TPSA) is 103 Å². The Morgan fingerprint density at radius 2 is 1.83 bits per heavy atom. The minimum atomic E-state index is -0.525. The fraction of sp³-hybridized carbons (Fsp3) is 0.333. The van der Waals surface area contributed by atoms with E-state index in [9.17, 15) is 9.65 Å². The zero-order chi connectivity index (χ0) is 33.6. The Morgan fingerprint density at radius 1 is 1.04 bits per heavy atom. The van der Waals surface area contributed by atoms with Gasteiger partial charge in [-0.25, -0.2) is 4.39 Å². The van der Waals surface area contributed by atoms with Gasteiger partial charge in [-0.3, -0.25) is 14.9 Å². The molecule has 0 spiro atoms. The summed E-state index contributed by atoms with van der Waals surface area (Å²) in [4.78, 5) is 7.05. The van der Waals surface area contributed by atoms with Crippen LogP contribution in [0.3, 0.4) is 0 Å². The molecular formula is C36H38Cl2FN9. The molecule has 1 aromatic heterocycles. The van der Waals surface area contributed by atoms with Gasteiger partial charge in [0, 0.05) is 66.1 Å². The van der Waals surface area contributed by atoms with E-state index in [0.717, 1.165) is 61.5 Å². The fourth-order valence-electron chi connectivity index (χ4n) is 6.78. The van der Waals surface area contributed by atoms with Gasteiger partial charge >= 0.3 is 0 Å². The number of piperidine rings is 1. The first kappa shape index (κ1) is 32.3. The van der Waals surface area contributed by atoms with Crippen molar-refractivity contribution in [2.45, 2.75) is 57.7 Å². The van der Waals surface area contributed by atoms with Crippen LogP contribution in [0.4, 0.5) is 27.1 Å². The standard InChI is InChI=1S/C36H38Cl2FN9/c1-36(2,3)47-12-9-26(10-13-47)48-20-32(45-46-48)34(22-5-4-21-8-11-41-31(21)14-22)44-25-15-27-33(43-24-6-7-30(39)28(37)16-24)23(18-40)19-42-35(27)29(38)17-25/h4-7,14-17,19-20,26,34,41,44-46H,8-13H2,1-3H3,(H,42,43)/t34-/m0/s1. The molecule has 9 nitrogen and oxygen atoms in total. The Morgan fingerprint density at radius 3 is 2.58 bits per heavy atom. The predicted octanol–water partition coefficient (Wildman–Crippen LogP) is 7.85. The summed E-state index contributed by atoms with van der Waals surface area (Å²) >= 11 is 12.9. The number of nitriles is 1. The highest BCUT2D eigenvalue weighted by Gasteiger charge is 2.32. The van der Waals surface area contributed by atoms with Gasteiger partial charge in [0.05, 0.1) is 38.6 Å². The van der Waals surface area contributed by atoms with E-state index >= 15 is 0 Å². The molecule has 7 rings (SSSR count). The lowest BCUT2D eigenvalue weighted by Crippen LogP contribution is -2.52. The van der Waals surface area contributed by atoms with Gasteiger partial charge in [-0.05, 0) is 87.6 Å². The van der Waals surface area contributed by atoms with E-state index in [0.29, 0.717) is 38.9 Å². The van der Waals surface area contributed by atoms with Crippen molar-refractivity contribution >= 4 is 56.9 Å². The molecule has 1 fully saturated rings. The molecule has 4 aromatic rings. The average Bonchev–Trinajstić information content (AvgIpc) is 3.75. The maximum atomic E-state index is 13.9. The molecule has 248 valence electrons. The van der Waals surface area contributed by atoms with Crippen LogP contribution in [0.1, 0.15) is 56.3 Å². The van der Waals surface area contributed by atoms with Crippen LogP contribution in [0.2, 0.25) is 10.0 Å². The van der Waals surface area contributed by atoms with E-state index in [1.807, 2.05) is 12.1 Å².